The van der Waals surface area contributed by atoms with Gasteiger partial charge in [0, 0.05) is 25.2 Å². The first-order valence-electron chi connectivity index (χ1n) is 12.5. The molecule has 2 aromatic carbocycles. The van der Waals surface area contributed by atoms with Crippen LogP contribution in [0.3, 0.4) is 0 Å². The number of amides is 2. The van der Waals surface area contributed by atoms with E-state index in [-0.39, 0.29) is 29.6 Å². The average Bonchev–Trinajstić information content (AvgIpc) is 2.82. The Labute approximate surface area is 210 Å². The Bertz CT molecular complexity index is 995. The number of unbranched alkanes of at least 4 members (excludes halogenated alkanes) is 2. The molecular weight excluding hydrogens is 440 g/mol. The number of anilines is 1. The fourth-order valence-electron chi connectivity index (χ4n) is 4.32. The second-order valence-corrected chi connectivity index (χ2v) is 10.0. The Balaban J connectivity index is 2.33. The van der Waals surface area contributed by atoms with E-state index in [0.717, 1.165) is 59.6 Å². The van der Waals surface area contributed by atoms with Crippen molar-refractivity contribution >= 4 is 17.5 Å². The van der Waals surface area contributed by atoms with E-state index in [1.165, 1.54) is 0 Å². The SMILES string of the molecule is CCCCCC(CC(=O)Nc1cc(CC(=O)NC)ccc1C(C)(C)C)c1ccc(OC)cc1OC. The van der Waals surface area contributed by atoms with Crippen molar-refractivity contribution in [2.24, 2.45) is 0 Å². The van der Waals surface area contributed by atoms with Gasteiger partial charge in [0.2, 0.25) is 11.8 Å². The summed E-state index contributed by atoms with van der Waals surface area (Å²) in [7, 11) is 4.90. The van der Waals surface area contributed by atoms with Crippen LogP contribution in [0.15, 0.2) is 36.4 Å². The summed E-state index contributed by atoms with van der Waals surface area (Å²) in [6.45, 7) is 8.53. The fourth-order valence-corrected chi connectivity index (χ4v) is 4.32. The summed E-state index contributed by atoms with van der Waals surface area (Å²) in [5, 5.41) is 5.82. The first kappa shape index (κ1) is 28.2. The molecule has 0 aliphatic rings. The number of nitrogens with one attached hydrogen (secondary N) is 2. The van der Waals surface area contributed by atoms with Crippen LogP contribution in [0.1, 0.15) is 82.4 Å². The van der Waals surface area contributed by atoms with Crippen LogP contribution in [-0.4, -0.2) is 33.1 Å². The maximum absolute atomic E-state index is 13.4. The highest BCUT2D eigenvalue weighted by Crippen LogP contribution is 2.36. The topological polar surface area (TPSA) is 76.7 Å². The van der Waals surface area contributed by atoms with E-state index in [4.69, 9.17) is 9.47 Å². The van der Waals surface area contributed by atoms with Crippen molar-refractivity contribution in [2.45, 2.75) is 77.6 Å². The summed E-state index contributed by atoms with van der Waals surface area (Å²) in [4.78, 5) is 25.3. The maximum atomic E-state index is 13.4. The van der Waals surface area contributed by atoms with Crippen LogP contribution in [0.25, 0.3) is 0 Å². The van der Waals surface area contributed by atoms with Gasteiger partial charge in [-0.2, -0.15) is 0 Å². The van der Waals surface area contributed by atoms with Crippen LogP contribution in [0.2, 0.25) is 0 Å². The van der Waals surface area contributed by atoms with E-state index in [1.54, 1.807) is 21.3 Å². The maximum Gasteiger partial charge on any atom is 0.224 e. The molecule has 6 heteroatoms. The van der Waals surface area contributed by atoms with Gasteiger partial charge >= 0.3 is 0 Å². The Morgan fingerprint density at radius 1 is 0.971 bits per heavy atom. The normalized spacial score (nSPS) is 12.1. The van der Waals surface area contributed by atoms with Crippen molar-refractivity contribution in [2.75, 3.05) is 26.6 Å². The minimum absolute atomic E-state index is 0.0227. The molecule has 0 saturated carbocycles. The summed E-state index contributed by atoms with van der Waals surface area (Å²) >= 11 is 0. The number of benzene rings is 2. The molecule has 0 heterocycles. The smallest absolute Gasteiger partial charge is 0.224 e. The third kappa shape index (κ3) is 8.30. The molecule has 0 aliphatic carbocycles. The van der Waals surface area contributed by atoms with E-state index in [2.05, 4.69) is 38.3 Å². The van der Waals surface area contributed by atoms with Gasteiger partial charge in [-0.15, -0.1) is 0 Å². The molecule has 0 spiro atoms. The van der Waals surface area contributed by atoms with Crippen molar-refractivity contribution in [1.29, 1.82) is 0 Å². The molecule has 0 aliphatic heterocycles. The minimum atomic E-state index is -0.159. The molecule has 0 aromatic heterocycles. The van der Waals surface area contributed by atoms with Crippen LogP contribution >= 0.6 is 0 Å². The molecule has 192 valence electrons. The van der Waals surface area contributed by atoms with E-state index < -0.39 is 0 Å². The summed E-state index contributed by atoms with van der Waals surface area (Å²) < 4.78 is 11.0. The number of carbonyl (C=O) groups excluding carboxylic acids is 2. The molecule has 2 aromatic rings. The number of hydrogen-bond donors (Lipinski definition) is 2. The quantitative estimate of drug-likeness (QED) is 0.365. The zero-order chi connectivity index (χ0) is 26.0. The number of methoxy groups -OCH3 is 2. The highest BCUT2D eigenvalue weighted by molar-refractivity contribution is 5.92. The average molecular weight is 483 g/mol. The van der Waals surface area contributed by atoms with Gasteiger partial charge < -0.3 is 20.1 Å². The van der Waals surface area contributed by atoms with Gasteiger partial charge in [0.25, 0.3) is 0 Å². The molecule has 0 bridgehead atoms. The predicted molar refractivity (Wildman–Crippen MR) is 143 cm³/mol. The van der Waals surface area contributed by atoms with Gasteiger partial charge in [0.15, 0.2) is 0 Å². The minimum Gasteiger partial charge on any atom is -0.497 e. The molecule has 2 N–H and O–H groups in total. The van der Waals surface area contributed by atoms with Gasteiger partial charge in [0.1, 0.15) is 11.5 Å². The third-order valence-corrected chi connectivity index (χ3v) is 6.28. The Kier molecular flexibility index (Phi) is 10.6. The van der Waals surface area contributed by atoms with Crippen LogP contribution in [0.5, 0.6) is 11.5 Å². The monoisotopic (exact) mass is 482 g/mol. The summed E-state index contributed by atoms with van der Waals surface area (Å²) in [6.07, 6.45) is 4.78. The van der Waals surface area contributed by atoms with Crippen LogP contribution < -0.4 is 20.1 Å². The van der Waals surface area contributed by atoms with Crippen molar-refractivity contribution in [1.82, 2.24) is 5.32 Å². The molecule has 1 atom stereocenters. The Hall–Kier alpha value is -3.02. The molecule has 6 nitrogen and oxygen atoms in total. The largest absolute Gasteiger partial charge is 0.497 e. The lowest BCUT2D eigenvalue weighted by atomic mass is 9.84. The van der Waals surface area contributed by atoms with Gasteiger partial charge in [-0.05, 0) is 46.6 Å². The number of carbonyl (C=O) groups is 2. The second-order valence-electron chi connectivity index (χ2n) is 10.0. The van der Waals surface area contributed by atoms with E-state index >= 15 is 0 Å². The van der Waals surface area contributed by atoms with Gasteiger partial charge in [0.05, 0.1) is 20.6 Å². The molecule has 2 rings (SSSR count). The van der Waals surface area contributed by atoms with Gasteiger partial charge in [-0.3, -0.25) is 9.59 Å². The zero-order valence-corrected chi connectivity index (χ0v) is 22.4. The molecule has 0 fully saturated rings. The number of ether oxygens (including phenoxy) is 2. The lowest BCUT2D eigenvalue weighted by Crippen LogP contribution is -2.22. The Morgan fingerprint density at radius 3 is 2.31 bits per heavy atom. The molecule has 35 heavy (non-hydrogen) atoms. The van der Waals surface area contributed by atoms with E-state index in [9.17, 15) is 9.59 Å². The number of hydrogen-bond acceptors (Lipinski definition) is 4. The summed E-state index contributed by atoms with van der Waals surface area (Å²) in [5.74, 6) is 1.38. The molecule has 0 saturated heterocycles. The van der Waals surface area contributed by atoms with Crippen molar-refractivity contribution in [3.8, 4) is 11.5 Å². The third-order valence-electron chi connectivity index (χ3n) is 6.28. The predicted octanol–water partition coefficient (Wildman–Crippen LogP) is 5.98. The van der Waals surface area contributed by atoms with Crippen LogP contribution in [-0.2, 0) is 21.4 Å². The first-order valence-corrected chi connectivity index (χ1v) is 12.5. The highest BCUT2D eigenvalue weighted by atomic mass is 16.5. The fraction of sp³-hybridized carbons (Fsp3) is 0.517. The van der Waals surface area contributed by atoms with Crippen LogP contribution in [0, 0.1) is 0 Å². The second kappa shape index (κ2) is 13.2. The first-order chi connectivity index (χ1) is 16.6. The number of likely N-dealkylation sites (N-methyl/N-ethyl adjacent to an activating group) is 1. The van der Waals surface area contributed by atoms with Gasteiger partial charge in [-0.25, -0.2) is 0 Å². The zero-order valence-electron chi connectivity index (χ0n) is 22.4. The number of rotatable bonds is 12. The van der Waals surface area contributed by atoms with Crippen molar-refractivity contribution in [3.05, 3.63) is 53.1 Å². The van der Waals surface area contributed by atoms with Crippen LogP contribution in [0.4, 0.5) is 5.69 Å². The molecule has 2 amide bonds. The summed E-state index contributed by atoms with van der Waals surface area (Å²) in [6, 6.07) is 11.7. The lowest BCUT2D eigenvalue weighted by Gasteiger charge is -2.25. The molecular formula is C29H42N2O4. The Morgan fingerprint density at radius 2 is 1.71 bits per heavy atom. The molecule has 1 unspecified atom stereocenters. The summed E-state index contributed by atoms with van der Waals surface area (Å²) in [5.41, 5.74) is 3.52. The van der Waals surface area contributed by atoms with Crippen molar-refractivity contribution in [3.63, 3.8) is 0 Å². The highest BCUT2D eigenvalue weighted by Gasteiger charge is 2.23. The standard InChI is InChI=1S/C29H42N2O4/c1-8-9-10-11-21(23-14-13-22(34-6)19-26(23)35-7)18-28(33)31-25-16-20(17-27(32)30-5)12-15-24(25)29(2,3)4/h12-16,19,21H,8-11,17-18H2,1-7H3,(H,30,32)(H,31,33). The van der Waals surface area contributed by atoms with Crippen molar-refractivity contribution < 1.29 is 19.1 Å². The lowest BCUT2D eigenvalue weighted by molar-refractivity contribution is -0.120. The molecule has 0 radical (unpaired) electrons. The van der Waals surface area contributed by atoms with E-state index in [1.807, 2.05) is 36.4 Å². The van der Waals surface area contributed by atoms with E-state index in [0.29, 0.717) is 6.42 Å². The van der Waals surface area contributed by atoms with Gasteiger partial charge in [-0.1, -0.05) is 65.2 Å².